The van der Waals surface area contributed by atoms with Crippen molar-refractivity contribution in [2.75, 3.05) is 6.54 Å². The highest BCUT2D eigenvalue weighted by atomic mass is 19.1. The van der Waals surface area contributed by atoms with Gasteiger partial charge in [-0.3, -0.25) is 4.57 Å². The highest BCUT2D eigenvalue weighted by molar-refractivity contribution is 5.79. The van der Waals surface area contributed by atoms with Gasteiger partial charge in [0.2, 0.25) is 0 Å². The number of hydrogen-bond donors (Lipinski definition) is 2. The molecule has 2 N–H and O–H groups in total. The van der Waals surface area contributed by atoms with Gasteiger partial charge in [0.1, 0.15) is 17.5 Å². The minimum Gasteiger partial charge on any atom is -0.357 e. The van der Waals surface area contributed by atoms with Crippen molar-refractivity contribution in [1.29, 1.82) is 0 Å². The lowest BCUT2D eigenvalue weighted by Gasteiger charge is -2.12. The Labute approximate surface area is 164 Å². The molecule has 6 nitrogen and oxygen atoms in total. The summed E-state index contributed by atoms with van der Waals surface area (Å²) in [4.78, 5) is 13.3. The van der Waals surface area contributed by atoms with E-state index in [1.54, 1.807) is 25.3 Å². The Morgan fingerprint density at radius 3 is 2.57 bits per heavy atom. The van der Waals surface area contributed by atoms with Gasteiger partial charge < -0.3 is 10.6 Å². The number of aryl methyl sites for hydroxylation is 2. The molecule has 28 heavy (non-hydrogen) atoms. The fraction of sp³-hybridized carbons (Fsp3) is 0.286. The van der Waals surface area contributed by atoms with Crippen LogP contribution in [0.25, 0.3) is 5.82 Å². The van der Waals surface area contributed by atoms with Gasteiger partial charge in [-0.15, -0.1) is 0 Å². The van der Waals surface area contributed by atoms with Crippen LogP contribution in [0.3, 0.4) is 0 Å². The summed E-state index contributed by atoms with van der Waals surface area (Å²) in [5.41, 5.74) is 2.52. The molecule has 2 heterocycles. The lowest BCUT2D eigenvalue weighted by Crippen LogP contribution is -2.36. The zero-order valence-corrected chi connectivity index (χ0v) is 16.4. The van der Waals surface area contributed by atoms with E-state index in [0.717, 1.165) is 29.3 Å². The van der Waals surface area contributed by atoms with Gasteiger partial charge in [0.25, 0.3) is 0 Å². The number of nitrogens with one attached hydrogen (secondary N) is 2. The van der Waals surface area contributed by atoms with E-state index in [0.29, 0.717) is 24.6 Å². The molecule has 0 amide bonds. The number of guanidine groups is 1. The van der Waals surface area contributed by atoms with Gasteiger partial charge in [-0.1, -0.05) is 18.2 Å². The molecular formula is C21H25FN6. The van der Waals surface area contributed by atoms with Crippen LogP contribution in [0, 0.1) is 19.7 Å². The molecule has 2 aromatic heterocycles. The van der Waals surface area contributed by atoms with Crippen LogP contribution < -0.4 is 10.6 Å². The number of nitrogens with zero attached hydrogens (tertiary/aromatic N) is 4. The maximum Gasteiger partial charge on any atom is 0.191 e. The van der Waals surface area contributed by atoms with Gasteiger partial charge in [-0.25, -0.2) is 19.4 Å². The van der Waals surface area contributed by atoms with Gasteiger partial charge in [-0.2, -0.15) is 0 Å². The summed E-state index contributed by atoms with van der Waals surface area (Å²) in [6, 6.07) is 9.20. The first kappa shape index (κ1) is 19.5. The normalized spacial score (nSPS) is 11.5. The summed E-state index contributed by atoms with van der Waals surface area (Å²) in [7, 11) is 0. The van der Waals surface area contributed by atoms with Crippen LogP contribution in [-0.2, 0) is 13.1 Å². The molecule has 0 saturated heterocycles. The largest absolute Gasteiger partial charge is 0.357 e. The Morgan fingerprint density at radius 2 is 1.93 bits per heavy atom. The number of halogens is 1. The molecule has 0 saturated carbocycles. The molecule has 0 bridgehead atoms. The van der Waals surface area contributed by atoms with Gasteiger partial charge in [0.05, 0.1) is 6.54 Å². The van der Waals surface area contributed by atoms with E-state index >= 15 is 0 Å². The van der Waals surface area contributed by atoms with Crippen molar-refractivity contribution in [3.8, 4) is 5.82 Å². The molecule has 0 atom stereocenters. The van der Waals surface area contributed by atoms with Crippen molar-refractivity contribution < 1.29 is 4.39 Å². The van der Waals surface area contributed by atoms with E-state index in [1.165, 1.54) is 0 Å². The van der Waals surface area contributed by atoms with Crippen molar-refractivity contribution in [2.45, 2.75) is 33.9 Å². The summed E-state index contributed by atoms with van der Waals surface area (Å²) in [5, 5.41) is 6.44. The predicted octanol–water partition coefficient (Wildman–Crippen LogP) is 3.28. The topological polar surface area (TPSA) is 67.1 Å². The lowest BCUT2D eigenvalue weighted by molar-refractivity contribution is 0.615. The molecule has 3 rings (SSSR count). The number of pyridine rings is 1. The van der Waals surface area contributed by atoms with Crippen LogP contribution in [0.4, 0.5) is 4.39 Å². The van der Waals surface area contributed by atoms with Crippen molar-refractivity contribution in [1.82, 2.24) is 25.2 Å². The first-order chi connectivity index (χ1) is 13.6. The Hall–Kier alpha value is -3.22. The van der Waals surface area contributed by atoms with E-state index < -0.39 is 0 Å². The van der Waals surface area contributed by atoms with E-state index in [4.69, 9.17) is 0 Å². The highest BCUT2D eigenvalue weighted by Gasteiger charge is 2.04. The van der Waals surface area contributed by atoms with Crippen LogP contribution in [0.5, 0.6) is 0 Å². The number of rotatable bonds is 6. The number of aliphatic imine (C=N–C) groups is 1. The van der Waals surface area contributed by atoms with Crippen molar-refractivity contribution in [2.24, 2.45) is 4.99 Å². The summed E-state index contributed by atoms with van der Waals surface area (Å²) in [6.45, 7) is 7.44. The zero-order chi connectivity index (χ0) is 19.9. The van der Waals surface area contributed by atoms with E-state index in [1.807, 2.05) is 49.0 Å². The average molecular weight is 380 g/mol. The van der Waals surface area contributed by atoms with Crippen LogP contribution in [-0.4, -0.2) is 27.0 Å². The van der Waals surface area contributed by atoms with Crippen molar-refractivity contribution in [3.05, 3.63) is 77.3 Å². The fourth-order valence-corrected chi connectivity index (χ4v) is 2.72. The third-order valence-corrected chi connectivity index (χ3v) is 4.34. The second-order valence-corrected chi connectivity index (χ2v) is 6.50. The van der Waals surface area contributed by atoms with E-state index in [2.05, 4.69) is 25.6 Å². The first-order valence-corrected chi connectivity index (χ1v) is 9.29. The molecule has 1 aromatic carbocycles. The van der Waals surface area contributed by atoms with Gasteiger partial charge >= 0.3 is 0 Å². The quantitative estimate of drug-likeness (QED) is 0.509. The maximum atomic E-state index is 13.7. The molecule has 146 valence electrons. The third-order valence-electron chi connectivity index (χ3n) is 4.34. The van der Waals surface area contributed by atoms with Gasteiger partial charge in [0.15, 0.2) is 5.96 Å². The Bertz CT molecular complexity index is 946. The summed E-state index contributed by atoms with van der Waals surface area (Å²) in [6.07, 6.45) is 5.46. The lowest BCUT2D eigenvalue weighted by atomic mass is 10.1. The molecule has 0 aliphatic carbocycles. The molecule has 0 spiro atoms. The monoisotopic (exact) mass is 380 g/mol. The highest BCUT2D eigenvalue weighted by Crippen LogP contribution is 2.10. The number of aromatic nitrogens is 3. The van der Waals surface area contributed by atoms with Crippen LogP contribution in [0.2, 0.25) is 0 Å². The molecular weight excluding hydrogens is 355 g/mol. The Kier molecular flexibility index (Phi) is 6.37. The standard InChI is InChI=1S/C21H25FN6/c1-4-23-21(26-12-17-6-5-15(2)19(22)11-17)27-14-18-7-8-20(25-13-18)28-10-9-24-16(28)3/h5-11,13H,4,12,14H2,1-3H3,(H2,23,26,27). The summed E-state index contributed by atoms with van der Waals surface area (Å²) >= 11 is 0. The molecule has 0 aliphatic rings. The van der Waals surface area contributed by atoms with Crippen LogP contribution in [0.15, 0.2) is 53.9 Å². The van der Waals surface area contributed by atoms with Gasteiger partial charge in [-0.05, 0) is 49.6 Å². The Balaban J connectivity index is 1.63. The SMILES string of the molecule is CCNC(=NCc1ccc(-n2ccnc2C)nc1)NCc1ccc(C)c(F)c1. The number of hydrogen-bond acceptors (Lipinski definition) is 3. The number of imidazole rings is 1. The third kappa shape index (κ3) is 4.94. The molecule has 7 heteroatoms. The van der Waals surface area contributed by atoms with E-state index in [9.17, 15) is 4.39 Å². The Morgan fingerprint density at radius 1 is 1.11 bits per heavy atom. The summed E-state index contributed by atoms with van der Waals surface area (Å²) < 4.78 is 15.6. The zero-order valence-electron chi connectivity index (χ0n) is 16.4. The molecule has 0 unspecified atom stereocenters. The maximum absolute atomic E-state index is 13.7. The van der Waals surface area contributed by atoms with Crippen molar-refractivity contribution in [3.63, 3.8) is 0 Å². The average Bonchev–Trinajstić information content (AvgIpc) is 3.13. The minimum atomic E-state index is -0.194. The molecule has 3 aromatic rings. The summed E-state index contributed by atoms with van der Waals surface area (Å²) in [5.74, 6) is 2.21. The first-order valence-electron chi connectivity index (χ1n) is 9.29. The van der Waals surface area contributed by atoms with Crippen LogP contribution in [0.1, 0.15) is 29.4 Å². The van der Waals surface area contributed by atoms with Crippen molar-refractivity contribution >= 4 is 5.96 Å². The molecule has 0 aliphatic heterocycles. The fourth-order valence-electron chi connectivity index (χ4n) is 2.72. The molecule has 0 fully saturated rings. The smallest absolute Gasteiger partial charge is 0.191 e. The second-order valence-electron chi connectivity index (χ2n) is 6.50. The minimum absolute atomic E-state index is 0.194. The second kappa shape index (κ2) is 9.12. The van der Waals surface area contributed by atoms with E-state index in [-0.39, 0.29) is 5.82 Å². The van der Waals surface area contributed by atoms with Crippen LogP contribution >= 0.6 is 0 Å². The predicted molar refractivity (Wildman–Crippen MR) is 109 cm³/mol. The molecule has 0 radical (unpaired) electrons. The van der Waals surface area contributed by atoms with Gasteiger partial charge in [0, 0.05) is 31.7 Å². The number of benzene rings is 1.